The molecule has 94 valence electrons. The van der Waals surface area contributed by atoms with Crippen LogP contribution in [0.15, 0.2) is 18.2 Å². The summed E-state index contributed by atoms with van der Waals surface area (Å²) in [5.74, 6) is 3.56. The number of ether oxygens (including phenoxy) is 1. The van der Waals surface area contributed by atoms with Gasteiger partial charge in [0.25, 0.3) is 0 Å². The van der Waals surface area contributed by atoms with Crippen molar-refractivity contribution in [1.29, 1.82) is 0 Å². The van der Waals surface area contributed by atoms with Crippen molar-refractivity contribution in [2.24, 2.45) is 0 Å². The van der Waals surface area contributed by atoms with E-state index in [4.69, 9.17) is 4.74 Å². The van der Waals surface area contributed by atoms with Crippen molar-refractivity contribution in [2.75, 3.05) is 18.6 Å². The lowest BCUT2D eigenvalue weighted by atomic mass is 10.1. The molecule has 1 atom stereocenters. The van der Waals surface area contributed by atoms with Crippen LogP contribution in [0.5, 0.6) is 5.75 Å². The maximum absolute atomic E-state index is 5.40. The van der Waals surface area contributed by atoms with Crippen molar-refractivity contribution < 1.29 is 4.74 Å². The zero-order chi connectivity index (χ0) is 12.1. The van der Waals surface area contributed by atoms with Crippen LogP contribution in [0.25, 0.3) is 0 Å². The highest BCUT2D eigenvalue weighted by atomic mass is 32.2. The maximum Gasteiger partial charge on any atom is 0.123 e. The van der Waals surface area contributed by atoms with Gasteiger partial charge in [-0.05, 0) is 31.6 Å². The van der Waals surface area contributed by atoms with E-state index in [1.54, 1.807) is 7.11 Å². The molecule has 1 aromatic rings. The van der Waals surface area contributed by atoms with Crippen LogP contribution in [0, 0.1) is 6.92 Å². The lowest BCUT2D eigenvalue weighted by molar-refractivity contribution is 0.404. The summed E-state index contributed by atoms with van der Waals surface area (Å²) in [6, 6.07) is 7.03. The number of rotatable bonds is 4. The molecule has 1 heterocycles. The van der Waals surface area contributed by atoms with Gasteiger partial charge in [0.1, 0.15) is 5.75 Å². The third-order valence-corrected chi connectivity index (χ3v) is 4.39. The van der Waals surface area contributed by atoms with Crippen molar-refractivity contribution in [1.82, 2.24) is 5.32 Å². The van der Waals surface area contributed by atoms with Gasteiger partial charge in [-0.2, -0.15) is 11.8 Å². The van der Waals surface area contributed by atoms with Gasteiger partial charge in [0.2, 0.25) is 0 Å². The Kier molecular flexibility index (Phi) is 4.75. The van der Waals surface area contributed by atoms with Crippen LogP contribution in [0.3, 0.4) is 0 Å². The SMILES string of the molecule is COc1ccc(C)cc1CNC1CCCSC1. The van der Waals surface area contributed by atoms with E-state index >= 15 is 0 Å². The molecule has 0 amide bonds. The van der Waals surface area contributed by atoms with E-state index in [0.717, 1.165) is 12.3 Å². The molecular formula is C14H21NOS. The quantitative estimate of drug-likeness (QED) is 0.889. The van der Waals surface area contributed by atoms with Crippen molar-refractivity contribution in [3.63, 3.8) is 0 Å². The molecule has 2 nitrogen and oxygen atoms in total. The topological polar surface area (TPSA) is 21.3 Å². The van der Waals surface area contributed by atoms with E-state index in [-0.39, 0.29) is 0 Å². The summed E-state index contributed by atoms with van der Waals surface area (Å²) in [4.78, 5) is 0. The van der Waals surface area contributed by atoms with Gasteiger partial charge in [-0.3, -0.25) is 0 Å². The maximum atomic E-state index is 5.40. The molecule has 17 heavy (non-hydrogen) atoms. The van der Waals surface area contributed by atoms with Crippen LogP contribution in [0.1, 0.15) is 24.0 Å². The van der Waals surface area contributed by atoms with Crippen LogP contribution in [0.4, 0.5) is 0 Å². The van der Waals surface area contributed by atoms with Gasteiger partial charge in [-0.25, -0.2) is 0 Å². The van der Waals surface area contributed by atoms with Gasteiger partial charge in [0.15, 0.2) is 0 Å². The van der Waals surface area contributed by atoms with Crippen molar-refractivity contribution in [3.05, 3.63) is 29.3 Å². The Bertz CT molecular complexity index is 361. The normalized spacial score (nSPS) is 20.2. The van der Waals surface area contributed by atoms with Gasteiger partial charge in [-0.15, -0.1) is 0 Å². The largest absolute Gasteiger partial charge is 0.496 e. The van der Waals surface area contributed by atoms with Gasteiger partial charge >= 0.3 is 0 Å². The minimum atomic E-state index is 0.666. The molecule has 0 aliphatic carbocycles. The molecule has 0 radical (unpaired) electrons. The van der Waals surface area contributed by atoms with Gasteiger partial charge in [0.05, 0.1) is 7.11 Å². The molecule has 0 bridgehead atoms. The Balaban J connectivity index is 1.95. The predicted molar refractivity (Wildman–Crippen MR) is 74.9 cm³/mol. The summed E-state index contributed by atoms with van der Waals surface area (Å²) < 4.78 is 5.40. The van der Waals surface area contributed by atoms with Crippen molar-refractivity contribution in [3.8, 4) is 5.75 Å². The predicted octanol–water partition coefficient (Wildman–Crippen LogP) is 2.99. The van der Waals surface area contributed by atoms with Crippen LogP contribution in [-0.4, -0.2) is 24.7 Å². The Labute approximate surface area is 108 Å². The molecule has 2 rings (SSSR count). The summed E-state index contributed by atoms with van der Waals surface area (Å²) in [5.41, 5.74) is 2.56. The number of hydrogen-bond donors (Lipinski definition) is 1. The minimum Gasteiger partial charge on any atom is -0.496 e. The molecule has 1 aliphatic heterocycles. The Morgan fingerprint density at radius 1 is 1.47 bits per heavy atom. The molecule has 1 fully saturated rings. The fourth-order valence-electron chi connectivity index (χ4n) is 2.20. The number of hydrogen-bond acceptors (Lipinski definition) is 3. The number of aryl methyl sites for hydroxylation is 1. The second kappa shape index (κ2) is 6.31. The number of benzene rings is 1. The molecular weight excluding hydrogens is 230 g/mol. The summed E-state index contributed by atoms with van der Waals surface area (Å²) >= 11 is 2.06. The third-order valence-electron chi connectivity index (χ3n) is 3.18. The summed E-state index contributed by atoms with van der Waals surface area (Å²) in [6.45, 7) is 3.04. The monoisotopic (exact) mass is 251 g/mol. The second-order valence-corrected chi connectivity index (χ2v) is 5.76. The number of methoxy groups -OCH3 is 1. The summed E-state index contributed by atoms with van der Waals surface area (Å²) in [6.07, 6.45) is 2.65. The molecule has 0 spiro atoms. The standard InChI is InChI=1S/C14H21NOS/c1-11-5-6-14(16-2)12(8-11)9-15-13-4-3-7-17-10-13/h5-6,8,13,15H,3-4,7,9-10H2,1-2H3. The fourth-order valence-corrected chi connectivity index (χ4v) is 3.31. The first-order chi connectivity index (χ1) is 8.29. The Morgan fingerprint density at radius 2 is 2.35 bits per heavy atom. The third kappa shape index (κ3) is 3.65. The summed E-state index contributed by atoms with van der Waals surface area (Å²) in [7, 11) is 1.74. The fraction of sp³-hybridized carbons (Fsp3) is 0.571. The highest BCUT2D eigenvalue weighted by Gasteiger charge is 2.13. The van der Waals surface area contributed by atoms with Gasteiger partial charge in [0, 0.05) is 23.9 Å². The van der Waals surface area contributed by atoms with Gasteiger partial charge < -0.3 is 10.1 Å². The zero-order valence-electron chi connectivity index (χ0n) is 10.7. The van der Waals surface area contributed by atoms with E-state index < -0.39 is 0 Å². The Morgan fingerprint density at radius 3 is 3.06 bits per heavy atom. The van der Waals surface area contributed by atoms with E-state index in [2.05, 4.69) is 42.2 Å². The average molecular weight is 251 g/mol. The first-order valence-electron chi connectivity index (χ1n) is 6.24. The molecule has 1 unspecified atom stereocenters. The van der Waals surface area contributed by atoms with Crippen LogP contribution in [0.2, 0.25) is 0 Å². The zero-order valence-corrected chi connectivity index (χ0v) is 11.5. The van der Waals surface area contributed by atoms with E-state index in [1.807, 2.05) is 0 Å². The number of nitrogens with one attached hydrogen (secondary N) is 1. The highest BCUT2D eigenvalue weighted by Crippen LogP contribution is 2.21. The minimum absolute atomic E-state index is 0.666. The average Bonchev–Trinajstić information content (AvgIpc) is 2.38. The van der Waals surface area contributed by atoms with Crippen molar-refractivity contribution >= 4 is 11.8 Å². The lowest BCUT2D eigenvalue weighted by Gasteiger charge is -2.23. The lowest BCUT2D eigenvalue weighted by Crippen LogP contribution is -2.33. The molecule has 1 aliphatic rings. The molecule has 1 N–H and O–H groups in total. The molecule has 0 aromatic heterocycles. The van der Waals surface area contributed by atoms with Crippen LogP contribution in [-0.2, 0) is 6.54 Å². The molecule has 0 saturated carbocycles. The Hall–Kier alpha value is -0.670. The number of thioether (sulfide) groups is 1. The highest BCUT2D eigenvalue weighted by molar-refractivity contribution is 7.99. The molecule has 3 heteroatoms. The molecule has 1 saturated heterocycles. The molecule has 1 aromatic carbocycles. The van der Waals surface area contributed by atoms with Crippen molar-refractivity contribution in [2.45, 2.75) is 32.4 Å². The second-order valence-electron chi connectivity index (χ2n) is 4.61. The van der Waals surface area contributed by atoms with Crippen LogP contribution < -0.4 is 10.1 Å². The summed E-state index contributed by atoms with van der Waals surface area (Å²) in [5, 5.41) is 3.64. The smallest absolute Gasteiger partial charge is 0.123 e. The van der Waals surface area contributed by atoms with Crippen LogP contribution >= 0.6 is 11.8 Å². The van der Waals surface area contributed by atoms with E-state index in [1.165, 1.54) is 35.5 Å². The van der Waals surface area contributed by atoms with E-state index in [0.29, 0.717) is 6.04 Å². The first-order valence-corrected chi connectivity index (χ1v) is 7.39. The van der Waals surface area contributed by atoms with Gasteiger partial charge in [-0.1, -0.05) is 17.7 Å². The first kappa shape index (κ1) is 12.8. The van der Waals surface area contributed by atoms with E-state index in [9.17, 15) is 0 Å².